The highest BCUT2D eigenvalue weighted by Crippen LogP contribution is 2.41. The lowest BCUT2D eigenvalue weighted by molar-refractivity contribution is 0.157. The van der Waals surface area contributed by atoms with Crippen molar-refractivity contribution in [2.75, 3.05) is 47.5 Å². The zero-order chi connectivity index (χ0) is 18.4. The van der Waals surface area contributed by atoms with Gasteiger partial charge in [-0.25, -0.2) is 0 Å². The predicted octanol–water partition coefficient (Wildman–Crippen LogP) is 3.67. The zero-order valence-electron chi connectivity index (χ0n) is 16.9. The monoisotopic (exact) mass is 487 g/mol. The van der Waals surface area contributed by atoms with Gasteiger partial charge in [-0.3, -0.25) is 4.99 Å². The lowest BCUT2D eigenvalue weighted by Crippen LogP contribution is -2.46. The van der Waals surface area contributed by atoms with E-state index in [4.69, 9.17) is 9.47 Å². The third-order valence-corrected chi connectivity index (χ3v) is 6.03. The van der Waals surface area contributed by atoms with Crippen molar-refractivity contribution in [1.29, 1.82) is 0 Å². The summed E-state index contributed by atoms with van der Waals surface area (Å²) < 4.78 is 10.8. The summed E-state index contributed by atoms with van der Waals surface area (Å²) >= 11 is 0. The molecule has 0 amide bonds. The van der Waals surface area contributed by atoms with E-state index in [0.717, 1.165) is 38.0 Å². The number of hydrogen-bond donors (Lipinski definition) is 1. The molecule has 1 aromatic rings. The van der Waals surface area contributed by atoms with Crippen LogP contribution in [-0.2, 0) is 10.2 Å². The van der Waals surface area contributed by atoms with Gasteiger partial charge in [0, 0.05) is 45.1 Å². The van der Waals surface area contributed by atoms with Crippen LogP contribution >= 0.6 is 24.0 Å². The van der Waals surface area contributed by atoms with Crippen LogP contribution in [0, 0.1) is 5.92 Å². The summed E-state index contributed by atoms with van der Waals surface area (Å²) in [6.45, 7) is 3.85. The van der Waals surface area contributed by atoms with Crippen molar-refractivity contribution >= 4 is 29.9 Å². The van der Waals surface area contributed by atoms with Crippen LogP contribution in [0.1, 0.15) is 37.7 Å². The van der Waals surface area contributed by atoms with E-state index in [9.17, 15) is 0 Å². The van der Waals surface area contributed by atoms with Gasteiger partial charge in [-0.05, 0) is 37.0 Å². The average Bonchev–Trinajstić information content (AvgIpc) is 3.33. The quantitative estimate of drug-likeness (QED) is 0.378. The van der Waals surface area contributed by atoms with Crippen molar-refractivity contribution < 1.29 is 9.47 Å². The number of benzene rings is 1. The second-order valence-corrected chi connectivity index (χ2v) is 7.68. The maximum absolute atomic E-state index is 5.46. The fraction of sp³-hybridized carbons (Fsp3) is 0.667. The van der Waals surface area contributed by atoms with Crippen LogP contribution in [0.2, 0.25) is 0 Å². The van der Waals surface area contributed by atoms with Crippen LogP contribution in [-0.4, -0.2) is 58.4 Å². The predicted molar refractivity (Wildman–Crippen MR) is 121 cm³/mol. The van der Waals surface area contributed by atoms with E-state index >= 15 is 0 Å². The van der Waals surface area contributed by atoms with E-state index in [0.29, 0.717) is 5.92 Å². The molecule has 1 saturated carbocycles. The van der Waals surface area contributed by atoms with Crippen molar-refractivity contribution in [3.8, 4) is 5.75 Å². The lowest BCUT2D eigenvalue weighted by atomic mass is 9.78. The molecule has 0 aromatic heterocycles. The smallest absolute Gasteiger partial charge is 0.193 e. The van der Waals surface area contributed by atoms with Crippen LogP contribution in [0.5, 0.6) is 5.75 Å². The Labute approximate surface area is 180 Å². The van der Waals surface area contributed by atoms with Crippen molar-refractivity contribution in [2.45, 2.75) is 37.5 Å². The first-order chi connectivity index (χ1) is 12.7. The van der Waals surface area contributed by atoms with E-state index in [1.54, 1.807) is 14.2 Å². The van der Waals surface area contributed by atoms with Gasteiger partial charge in [-0.15, -0.1) is 24.0 Å². The molecule has 1 aliphatic carbocycles. The topological polar surface area (TPSA) is 46.1 Å². The lowest BCUT2D eigenvalue weighted by Gasteiger charge is -2.32. The summed E-state index contributed by atoms with van der Waals surface area (Å²) in [7, 11) is 5.41. The number of hydrogen-bond acceptors (Lipinski definition) is 3. The van der Waals surface area contributed by atoms with Gasteiger partial charge in [-0.1, -0.05) is 25.0 Å². The van der Waals surface area contributed by atoms with Gasteiger partial charge in [0.25, 0.3) is 0 Å². The van der Waals surface area contributed by atoms with E-state index < -0.39 is 0 Å². The molecule has 0 bridgehead atoms. The Balaban J connectivity index is 0.00000261. The number of rotatable bonds is 6. The first-order valence-electron chi connectivity index (χ1n) is 9.80. The van der Waals surface area contributed by atoms with Crippen molar-refractivity contribution in [3.63, 3.8) is 0 Å². The Morgan fingerprint density at radius 3 is 2.74 bits per heavy atom. The van der Waals surface area contributed by atoms with E-state index in [-0.39, 0.29) is 29.4 Å². The SMILES string of the molecule is CN=C(NCC1(c2cccc(OC)c2)CCCC1)N1CCC(COC)C1.I. The second kappa shape index (κ2) is 10.5. The number of halogens is 1. The van der Waals surface area contributed by atoms with Crippen molar-refractivity contribution in [2.24, 2.45) is 10.9 Å². The summed E-state index contributed by atoms with van der Waals surface area (Å²) in [5.74, 6) is 2.58. The third-order valence-electron chi connectivity index (χ3n) is 6.03. The summed E-state index contributed by atoms with van der Waals surface area (Å²) in [6, 6.07) is 8.60. The fourth-order valence-corrected chi connectivity index (χ4v) is 4.55. The highest BCUT2D eigenvalue weighted by atomic mass is 127. The van der Waals surface area contributed by atoms with Gasteiger partial charge in [0.2, 0.25) is 0 Å². The molecule has 3 rings (SSSR count). The number of likely N-dealkylation sites (tertiary alicyclic amines) is 1. The van der Waals surface area contributed by atoms with Crippen LogP contribution in [0.4, 0.5) is 0 Å². The number of ether oxygens (including phenoxy) is 2. The number of aliphatic imine (C=N–C) groups is 1. The molecule has 152 valence electrons. The van der Waals surface area contributed by atoms with Crippen LogP contribution < -0.4 is 10.1 Å². The highest BCUT2D eigenvalue weighted by Gasteiger charge is 2.36. The molecule has 2 fully saturated rings. The molecule has 1 N–H and O–H groups in total. The molecule has 5 nitrogen and oxygen atoms in total. The molecular weight excluding hydrogens is 453 g/mol. The molecule has 1 aliphatic heterocycles. The third kappa shape index (κ3) is 5.28. The minimum absolute atomic E-state index is 0. The number of nitrogens with zero attached hydrogens (tertiary/aromatic N) is 2. The molecule has 2 aliphatic rings. The molecule has 0 radical (unpaired) electrons. The second-order valence-electron chi connectivity index (χ2n) is 7.68. The molecule has 6 heteroatoms. The molecule has 0 spiro atoms. The first-order valence-corrected chi connectivity index (χ1v) is 9.80. The van der Waals surface area contributed by atoms with Gasteiger partial charge in [0.15, 0.2) is 5.96 Å². The minimum Gasteiger partial charge on any atom is -0.497 e. The summed E-state index contributed by atoms with van der Waals surface area (Å²) in [6.07, 6.45) is 6.19. The highest BCUT2D eigenvalue weighted by molar-refractivity contribution is 14.0. The Bertz CT molecular complexity index is 617. The minimum atomic E-state index is 0. The molecule has 27 heavy (non-hydrogen) atoms. The van der Waals surface area contributed by atoms with Gasteiger partial charge >= 0.3 is 0 Å². The Morgan fingerprint density at radius 2 is 2.07 bits per heavy atom. The Morgan fingerprint density at radius 1 is 1.30 bits per heavy atom. The molecule has 1 saturated heterocycles. The maximum atomic E-state index is 5.46. The molecule has 1 atom stereocenters. The van der Waals surface area contributed by atoms with Crippen LogP contribution in [0.25, 0.3) is 0 Å². The van der Waals surface area contributed by atoms with Gasteiger partial charge in [-0.2, -0.15) is 0 Å². The molecule has 1 aromatic carbocycles. The van der Waals surface area contributed by atoms with Gasteiger partial charge in [0.05, 0.1) is 13.7 Å². The van der Waals surface area contributed by atoms with E-state index in [2.05, 4.69) is 33.4 Å². The van der Waals surface area contributed by atoms with E-state index in [1.165, 1.54) is 37.7 Å². The first kappa shape index (κ1) is 22.3. The number of methoxy groups -OCH3 is 2. The van der Waals surface area contributed by atoms with Crippen LogP contribution in [0.3, 0.4) is 0 Å². The number of nitrogens with one attached hydrogen (secondary N) is 1. The zero-order valence-corrected chi connectivity index (χ0v) is 19.2. The summed E-state index contributed by atoms with van der Waals surface area (Å²) in [4.78, 5) is 6.92. The molecule has 1 heterocycles. The molecule has 1 unspecified atom stereocenters. The Kier molecular flexibility index (Phi) is 8.66. The standard InChI is InChI=1S/C21H33N3O2.HI/c1-22-20(24-12-9-17(14-24)15-25-2)23-16-21(10-4-5-11-21)18-7-6-8-19(13-18)26-3;/h6-8,13,17H,4-5,9-12,14-16H2,1-3H3,(H,22,23);1H. The van der Waals surface area contributed by atoms with Gasteiger partial charge in [0.1, 0.15) is 5.75 Å². The maximum Gasteiger partial charge on any atom is 0.193 e. The van der Waals surface area contributed by atoms with Crippen LogP contribution in [0.15, 0.2) is 29.3 Å². The molecular formula is C21H34IN3O2. The van der Waals surface area contributed by atoms with Crippen molar-refractivity contribution in [3.05, 3.63) is 29.8 Å². The van der Waals surface area contributed by atoms with Crippen molar-refractivity contribution in [1.82, 2.24) is 10.2 Å². The summed E-state index contributed by atoms with van der Waals surface area (Å²) in [5, 5.41) is 3.69. The van der Waals surface area contributed by atoms with E-state index in [1.807, 2.05) is 13.1 Å². The largest absolute Gasteiger partial charge is 0.497 e. The average molecular weight is 487 g/mol. The fourth-order valence-electron chi connectivity index (χ4n) is 4.55. The normalized spacial score (nSPS) is 21.8. The number of guanidine groups is 1. The Hall–Kier alpha value is -1.02. The van der Waals surface area contributed by atoms with Gasteiger partial charge < -0.3 is 19.7 Å². The summed E-state index contributed by atoms with van der Waals surface area (Å²) in [5.41, 5.74) is 1.56.